The zero-order chi connectivity index (χ0) is 8.27. The van der Waals surface area contributed by atoms with Crippen molar-refractivity contribution < 1.29 is 13.9 Å². The zero-order valence-corrected chi connectivity index (χ0v) is 6.65. The van der Waals surface area contributed by atoms with Gasteiger partial charge in [0.25, 0.3) is 5.26 Å². The van der Waals surface area contributed by atoms with E-state index >= 15 is 0 Å². The Hall–Kier alpha value is -0.970. The summed E-state index contributed by atoms with van der Waals surface area (Å²) in [6.07, 6.45) is 1.16. The van der Waals surface area contributed by atoms with Crippen LogP contribution in [0.5, 0.6) is 0 Å². The fraction of sp³-hybridized carbons (Fsp3) is 0.333. The maximum atomic E-state index is 12.2. The maximum absolute atomic E-state index is 12.2. The topological polar surface area (TPSA) is 39.2 Å². The van der Waals surface area contributed by atoms with E-state index in [9.17, 15) is 9.18 Å². The third-order valence-corrected chi connectivity index (χ3v) is 1.72. The second kappa shape index (κ2) is 3.43. The third kappa shape index (κ3) is 1.98. The molecule has 0 saturated carbocycles. The highest BCUT2D eigenvalue weighted by molar-refractivity contribution is 7.11. The Morgan fingerprint density at radius 2 is 2.64 bits per heavy atom. The van der Waals surface area contributed by atoms with Crippen LogP contribution in [-0.2, 0) is 4.74 Å². The normalized spacial score (nSPS) is 9.64. The number of hydrogen-bond donors (Lipinski definition) is 0. The summed E-state index contributed by atoms with van der Waals surface area (Å²) in [5.41, 5.74) is 0. The average Bonchev–Trinajstić information content (AvgIpc) is 2.36. The van der Waals surface area contributed by atoms with Crippen LogP contribution < -0.4 is 0 Å². The van der Waals surface area contributed by atoms with E-state index < -0.39 is 11.2 Å². The van der Waals surface area contributed by atoms with E-state index in [1.807, 2.05) is 0 Å². The molecule has 0 N–H and O–H groups in total. The van der Waals surface area contributed by atoms with E-state index in [4.69, 9.17) is 0 Å². The Kier molecular flexibility index (Phi) is 2.53. The van der Waals surface area contributed by atoms with Gasteiger partial charge in [0.15, 0.2) is 0 Å². The van der Waals surface area contributed by atoms with E-state index in [1.54, 1.807) is 6.92 Å². The number of rotatable bonds is 2. The summed E-state index contributed by atoms with van der Waals surface area (Å²) in [5.74, 6) is -0.520. The minimum atomic E-state index is -0.618. The van der Waals surface area contributed by atoms with Crippen molar-refractivity contribution in [2.45, 2.75) is 6.92 Å². The molecule has 1 aromatic heterocycles. The summed E-state index contributed by atoms with van der Waals surface area (Å²) in [5, 5.41) is -0.618. The molecule has 0 aliphatic carbocycles. The standard InChI is InChI=1S/C6H6FNO2S/c1-2-10-5(9)4-3-8-6(7)11-4/h3H,2H2,1H3. The van der Waals surface area contributed by atoms with Crippen LogP contribution >= 0.6 is 11.3 Å². The molecule has 0 bridgehead atoms. The van der Waals surface area contributed by atoms with Crippen LogP contribution in [0.15, 0.2) is 6.20 Å². The number of ether oxygens (including phenoxy) is 1. The maximum Gasteiger partial charge on any atom is 0.350 e. The first-order valence-corrected chi connectivity index (χ1v) is 3.84. The molecule has 1 rings (SSSR count). The van der Waals surface area contributed by atoms with Gasteiger partial charge in [0, 0.05) is 0 Å². The molecule has 0 fully saturated rings. The van der Waals surface area contributed by atoms with Crippen molar-refractivity contribution in [1.82, 2.24) is 4.98 Å². The van der Waals surface area contributed by atoms with Crippen LogP contribution in [0.4, 0.5) is 4.39 Å². The van der Waals surface area contributed by atoms with Gasteiger partial charge in [-0.15, -0.1) is 0 Å². The van der Waals surface area contributed by atoms with Gasteiger partial charge in [0.1, 0.15) is 4.88 Å². The van der Waals surface area contributed by atoms with Crippen molar-refractivity contribution in [3.8, 4) is 0 Å². The number of hydrogen-bond acceptors (Lipinski definition) is 4. The molecule has 0 atom stereocenters. The lowest BCUT2D eigenvalue weighted by molar-refractivity contribution is 0.0532. The van der Waals surface area contributed by atoms with Gasteiger partial charge >= 0.3 is 5.97 Å². The van der Waals surface area contributed by atoms with Crippen LogP contribution in [0.1, 0.15) is 16.6 Å². The molecule has 1 aromatic rings. The summed E-state index contributed by atoms with van der Waals surface area (Å²) in [4.78, 5) is 14.3. The summed E-state index contributed by atoms with van der Waals surface area (Å²) in [6, 6.07) is 0. The van der Waals surface area contributed by atoms with Crippen molar-refractivity contribution in [2.24, 2.45) is 0 Å². The second-order valence-electron chi connectivity index (χ2n) is 1.70. The Balaban J connectivity index is 2.69. The minimum Gasteiger partial charge on any atom is -0.462 e. The van der Waals surface area contributed by atoms with Gasteiger partial charge in [0.05, 0.1) is 12.8 Å². The fourth-order valence-electron chi connectivity index (χ4n) is 0.549. The van der Waals surface area contributed by atoms with Gasteiger partial charge in [0.2, 0.25) is 0 Å². The lowest BCUT2D eigenvalue weighted by Gasteiger charge is -1.94. The molecule has 60 valence electrons. The molecule has 0 aliphatic heterocycles. The summed E-state index contributed by atoms with van der Waals surface area (Å²) in [7, 11) is 0. The molecule has 0 aromatic carbocycles. The molecular formula is C6H6FNO2S. The Morgan fingerprint density at radius 3 is 3.09 bits per heavy atom. The average molecular weight is 175 g/mol. The monoisotopic (exact) mass is 175 g/mol. The first-order valence-electron chi connectivity index (χ1n) is 3.02. The highest BCUT2D eigenvalue weighted by Gasteiger charge is 2.10. The number of nitrogens with zero attached hydrogens (tertiary/aromatic N) is 1. The molecule has 5 heteroatoms. The number of esters is 1. The fourth-order valence-corrected chi connectivity index (χ4v) is 1.08. The molecule has 0 spiro atoms. The number of thiazole rings is 1. The summed E-state index contributed by atoms with van der Waals surface area (Å²) in [6.45, 7) is 1.98. The predicted molar refractivity (Wildman–Crippen MR) is 38.0 cm³/mol. The van der Waals surface area contributed by atoms with Gasteiger partial charge in [-0.2, -0.15) is 4.39 Å². The molecule has 0 amide bonds. The van der Waals surface area contributed by atoms with E-state index in [1.165, 1.54) is 0 Å². The number of carbonyl (C=O) groups is 1. The highest BCUT2D eigenvalue weighted by atomic mass is 32.1. The molecule has 3 nitrogen and oxygen atoms in total. The first-order chi connectivity index (χ1) is 5.24. The van der Waals surface area contributed by atoms with Gasteiger partial charge in [-0.05, 0) is 6.92 Å². The number of carbonyl (C=O) groups excluding carboxylic acids is 1. The summed E-state index contributed by atoms with van der Waals surface area (Å²) < 4.78 is 16.8. The van der Waals surface area contributed by atoms with E-state index in [2.05, 4.69) is 9.72 Å². The van der Waals surface area contributed by atoms with Crippen molar-refractivity contribution in [1.29, 1.82) is 0 Å². The van der Waals surface area contributed by atoms with Crippen LogP contribution in [-0.4, -0.2) is 17.6 Å². The molecule has 0 aliphatic rings. The molecular weight excluding hydrogens is 169 g/mol. The van der Waals surface area contributed by atoms with Crippen molar-refractivity contribution in [3.63, 3.8) is 0 Å². The molecule has 0 unspecified atom stereocenters. The van der Waals surface area contributed by atoms with Crippen molar-refractivity contribution in [2.75, 3.05) is 6.61 Å². The van der Waals surface area contributed by atoms with Gasteiger partial charge in [-0.3, -0.25) is 0 Å². The first kappa shape index (κ1) is 8.13. The Labute approximate surface area is 66.8 Å². The lowest BCUT2D eigenvalue weighted by atomic mass is 10.6. The molecule has 11 heavy (non-hydrogen) atoms. The minimum absolute atomic E-state index is 0.198. The number of aromatic nitrogens is 1. The van der Waals surface area contributed by atoms with Crippen molar-refractivity contribution in [3.05, 3.63) is 16.3 Å². The van der Waals surface area contributed by atoms with Crippen molar-refractivity contribution >= 4 is 17.3 Å². The number of halogens is 1. The summed E-state index contributed by atoms with van der Waals surface area (Å²) >= 11 is 0.683. The van der Waals surface area contributed by atoms with Crippen LogP contribution in [0, 0.1) is 5.26 Å². The van der Waals surface area contributed by atoms with E-state index in [0.717, 1.165) is 6.20 Å². The van der Waals surface area contributed by atoms with E-state index in [-0.39, 0.29) is 4.88 Å². The van der Waals surface area contributed by atoms with Gasteiger partial charge in [-0.1, -0.05) is 11.3 Å². The third-order valence-electron chi connectivity index (χ3n) is 0.954. The van der Waals surface area contributed by atoms with Crippen LogP contribution in [0.3, 0.4) is 0 Å². The van der Waals surface area contributed by atoms with Gasteiger partial charge in [-0.25, -0.2) is 9.78 Å². The predicted octanol–water partition coefficient (Wildman–Crippen LogP) is 1.46. The molecule has 1 heterocycles. The smallest absolute Gasteiger partial charge is 0.350 e. The zero-order valence-electron chi connectivity index (χ0n) is 5.83. The lowest BCUT2D eigenvalue weighted by Crippen LogP contribution is -2.01. The van der Waals surface area contributed by atoms with Gasteiger partial charge < -0.3 is 4.74 Å². The molecule has 0 radical (unpaired) electrons. The SMILES string of the molecule is CCOC(=O)c1cnc(F)s1. The largest absolute Gasteiger partial charge is 0.462 e. The van der Waals surface area contributed by atoms with Crippen LogP contribution in [0.2, 0.25) is 0 Å². The Bertz CT molecular complexity index is 261. The van der Waals surface area contributed by atoms with Crippen LogP contribution in [0.25, 0.3) is 0 Å². The highest BCUT2D eigenvalue weighted by Crippen LogP contribution is 2.11. The Morgan fingerprint density at radius 1 is 1.91 bits per heavy atom. The quantitative estimate of drug-likeness (QED) is 0.639. The second-order valence-corrected chi connectivity index (χ2v) is 2.68. The molecule has 0 saturated heterocycles. The van der Waals surface area contributed by atoms with E-state index in [0.29, 0.717) is 17.9 Å².